The molecule has 0 spiro atoms. The van der Waals surface area contributed by atoms with Crippen molar-refractivity contribution in [1.29, 1.82) is 0 Å². The summed E-state index contributed by atoms with van der Waals surface area (Å²) in [5.74, 6) is 1.54. The lowest BCUT2D eigenvalue weighted by Gasteiger charge is -2.14. The van der Waals surface area contributed by atoms with E-state index in [1.54, 1.807) is 14.2 Å². The Bertz CT molecular complexity index is 573. The third-order valence-electron chi connectivity index (χ3n) is 3.19. The zero-order valence-electron chi connectivity index (χ0n) is 12.5. The second-order valence-electron chi connectivity index (χ2n) is 4.88. The monoisotopic (exact) mass is 271 g/mol. The molecule has 1 N–H and O–H groups in total. The zero-order valence-corrected chi connectivity index (χ0v) is 12.5. The standard InChI is InChI=1S/C17H21NO2/c1-12-8-13(2)10-15(9-12)18-11-14-6-5-7-16(19-3)17(14)20-4/h5-10,18H,11H2,1-4H3. The van der Waals surface area contributed by atoms with Crippen LogP contribution < -0.4 is 14.8 Å². The van der Waals surface area contributed by atoms with E-state index in [0.29, 0.717) is 6.54 Å². The van der Waals surface area contributed by atoms with Crippen molar-refractivity contribution in [2.45, 2.75) is 20.4 Å². The quantitative estimate of drug-likeness (QED) is 0.893. The van der Waals surface area contributed by atoms with Crippen molar-refractivity contribution in [2.75, 3.05) is 19.5 Å². The molecule has 106 valence electrons. The molecule has 3 heteroatoms. The van der Waals surface area contributed by atoms with Crippen molar-refractivity contribution in [3.63, 3.8) is 0 Å². The van der Waals surface area contributed by atoms with Gasteiger partial charge in [-0.1, -0.05) is 18.2 Å². The van der Waals surface area contributed by atoms with E-state index in [0.717, 1.165) is 22.7 Å². The van der Waals surface area contributed by atoms with Gasteiger partial charge in [-0.25, -0.2) is 0 Å². The van der Waals surface area contributed by atoms with Crippen LogP contribution in [0, 0.1) is 13.8 Å². The summed E-state index contributed by atoms with van der Waals surface area (Å²) < 4.78 is 10.8. The first-order chi connectivity index (χ1) is 9.63. The molecular formula is C17H21NO2. The van der Waals surface area contributed by atoms with E-state index in [1.165, 1.54) is 11.1 Å². The van der Waals surface area contributed by atoms with Gasteiger partial charge in [0, 0.05) is 17.8 Å². The number of aryl methyl sites for hydroxylation is 2. The van der Waals surface area contributed by atoms with Crippen LogP contribution in [0.4, 0.5) is 5.69 Å². The first kappa shape index (κ1) is 14.3. The molecule has 0 radical (unpaired) electrons. The number of anilines is 1. The Hall–Kier alpha value is -2.16. The predicted octanol–water partition coefficient (Wildman–Crippen LogP) is 3.93. The minimum absolute atomic E-state index is 0.698. The third kappa shape index (κ3) is 3.23. The Morgan fingerprint density at radius 3 is 2.25 bits per heavy atom. The number of hydrogen-bond acceptors (Lipinski definition) is 3. The summed E-state index contributed by atoms with van der Waals surface area (Å²) in [7, 11) is 3.32. The van der Waals surface area contributed by atoms with Crippen LogP contribution in [-0.4, -0.2) is 14.2 Å². The maximum atomic E-state index is 5.44. The highest BCUT2D eigenvalue weighted by Gasteiger charge is 2.09. The van der Waals surface area contributed by atoms with E-state index in [2.05, 4.69) is 37.4 Å². The van der Waals surface area contributed by atoms with Crippen LogP contribution in [-0.2, 0) is 6.54 Å². The third-order valence-corrected chi connectivity index (χ3v) is 3.19. The van der Waals surface area contributed by atoms with Crippen LogP contribution in [0.2, 0.25) is 0 Å². The summed E-state index contributed by atoms with van der Waals surface area (Å²) in [6, 6.07) is 12.4. The fraction of sp³-hybridized carbons (Fsp3) is 0.294. The molecule has 0 fully saturated rings. The number of nitrogens with one attached hydrogen (secondary N) is 1. The van der Waals surface area contributed by atoms with E-state index in [4.69, 9.17) is 9.47 Å². The summed E-state index contributed by atoms with van der Waals surface area (Å²) in [6.07, 6.45) is 0. The Labute approximate surface area is 120 Å². The van der Waals surface area contributed by atoms with Gasteiger partial charge in [0.05, 0.1) is 14.2 Å². The van der Waals surface area contributed by atoms with E-state index in [9.17, 15) is 0 Å². The Morgan fingerprint density at radius 1 is 0.950 bits per heavy atom. The molecule has 0 aliphatic carbocycles. The molecule has 2 aromatic carbocycles. The molecule has 0 bridgehead atoms. The van der Waals surface area contributed by atoms with Crippen LogP contribution in [0.1, 0.15) is 16.7 Å². The van der Waals surface area contributed by atoms with Gasteiger partial charge in [0.25, 0.3) is 0 Å². The highest BCUT2D eigenvalue weighted by atomic mass is 16.5. The number of benzene rings is 2. The smallest absolute Gasteiger partial charge is 0.165 e. The van der Waals surface area contributed by atoms with Crippen LogP contribution in [0.5, 0.6) is 11.5 Å². The molecule has 20 heavy (non-hydrogen) atoms. The molecule has 0 saturated carbocycles. The van der Waals surface area contributed by atoms with Gasteiger partial charge >= 0.3 is 0 Å². The van der Waals surface area contributed by atoms with Crippen LogP contribution >= 0.6 is 0 Å². The Balaban J connectivity index is 2.18. The first-order valence-electron chi connectivity index (χ1n) is 6.66. The largest absolute Gasteiger partial charge is 0.493 e. The summed E-state index contributed by atoms with van der Waals surface area (Å²) >= 11 is 0. The second kappa shape index (κ2) is 6.33. The molecule has 0 atom stereocenters. The summed E-state index contributed by atoms with van der Waals surface area (Å²) in [5.41, 5.74) is 4.70. The molecule has 2 rings (SSSR count). The average Bonchev–Trinajstić information content (AvgIpc) is 2.43. The van der Waals surface area contributed by atoms with Gasteiger partial charge in [-0.05, 0) is 43.2 Å². The minimum Gasteiger partial charge on any atom is -0.493 e. The lowest BCUT2D eigenvalue weighted by atomic mass is 10.1. The number of rotatable bonds is 5. The highest BCUT2D eigenvalue weighted by molar-refractivity contribution is 5.52. The van der Waals surface area contributed by atoms with Gasteiger partial charge < -0.3 is 14.8 Å². The molecule has 0 aliphatic heterocycles. The first-order valence-corrected chi connectivity index (χ1v) is 6.66. The van der Waals surface area contributed by atoms with E-state index < -0.39 is 0 Å². The molecule has 0 saturated heterocycles. The van der Waals surface area contributed by atoms with E-state index in [1.807, 2.05) is 18.2 Å². The molecule has 0 unspecified atom stereocenters. The maximum Gasteiger partial charge on any atom is 0.165 e. The summed E-state index contributed by atoms with van der Waals surface area (Å²) in [4.78, 5) is 0. The highest BCUT2D eigenvalue weighted by Crippen LogP contribution is 2.31. The van der Waals surface area contributed by atoms with Crippen molar-refractivity contribution < 1.29 is 9.47 Å². The minimum atomic E-state index is 0.698. The molecule has 0 amide bonds. The lowest BCUT2D eigenvalue weighted by molar-refractivity contribution is 0.352. The molecule has 0 aliphatic rings. The lowest BCUT2D eigenvalue weighted by Crippen LogP contribution is -2.03. The van der Waals surface area contributed by atoms with Crippen LogP contribution in [0.15, 0.2) is 36.4 Å². The van der Waals surface area contributed by atoms with Crippen LogP contribution in [0.25, 0.3) is 0 Å². The fourth-order valence-electron chi connectivity index (χ4n) is 2.37. The van der Waals surface area contributed by atoms with Gasteiger partial charge in [-0.15, -0.1) is 0 Å². The van der Waals surface area contributed by atoms with Crippen molar-refractivity contribution >= 4 is 5.69 Å². The maximum absolute atomic E-state index is 5.44. The molecule has 3 nitrogen and oxygen atoms in total. The Morgan fingerprint density at radius 2 is 1.65 bits per heavy atom. The zero-order chi connectivity index (χ0) is 14.5. The van der Waals surface area contributed by atoms with E-state index in [-0.39, 0.29) is 0 Å². The molecule has 0 aromatic heterocycles. The Kier molecular flexibility index (Phi) is 4.51. The predicted molar refractivity (Wildman–Crippen MR) is 82.8 cm³/mol. The van der Waals surface area contributed by atoms with Crippen molar-refractivity contribution in [3.05, 3.63) is 53.1 Å². The summed E-state index contributed by atoms with van der Waals surface area (Å²) in [6.45, 7) is 4.90. The van der Waals surface area contributed by atoms with Gasteiger partial charge in [0.15, 0.2) is 11.5 Å². The van der Waals surface area contributed by atoms with E-state index >= 15 is 0 Å². The van der Waals surface area contributed by atoms with Crippen LogP contribution in [0.3, 0.4) is 0 Å². The number of ether oxygens (including phenoxy) is 2. The van der Waals surface area contributed by atoms with Gasteiger partial charge in [0.2, 0.25) is 0 Å². The molecule has 0 heterocycles. The topological polar surface area (TPSA) is 30.5 Å². The average molecular weight is 271 g/mol. The second-order valence-corrected chi connectivity index (χ2v) is 4.88. The normalized spacial score (nSPS) is 10.2. The van der Waals surface area contributed by atoms with Crippen molar-refractivity contribution in [3.8, 4) is 11.5 Å². The van der Waals surface area contributed by atoms with Gasteiger partial charge in [-0.3, -0.25) is 0 Å². The number of methoxy groups -OCH3 is 2. The molecule has 2 aromatic rings. The van der Waals surface area contributed by atoms with Gasteiger partial charge in [-0.2, -0.15) is 0 Å². The fourth-order valence-corrected chi connectivity index (χ4v) is 2.37. The SMILES string of the molecule is COc1cccc(CNc2cc(C)cc(C)c2)c1OC. The van der Waals surface area contributed by atoms with Crippen molar-refractivity contribution in [2.24, 2.45) is 0 Å². The molecular weight excluding hydrogens is 250 g/mol. The van der Waals surface area contributed by atoms with Crippen molar-refractivity contribution in [1.82, 2.24) is 0 Å². The van der Waals surface area contributed by atoms with Gasteiger partial charge in [0.1, 0.15) is 0 Å². The number of hydrogen-bond donors (Lipinski definition) is 1. The summed E-state index contributed by atoms with van der Waals surface area (Å²) in [5, 5.41) is 3.43. The number of para-hydroxylation sites is 1.